The molecule has 1 aromatic carbocycles. The first-order valence-electron chi connectivity index (χ1n) is 8.21. The number of nitriles is 2. The maximum Gasteiger partial charge on any atom is 0.325 e. The number of aromatic amines is 2. The van der Waals surface area contributed by atoms with E-state index in [2.05, 4.69) is 26.2 Å². The Morgan fingerprint density at radius 1 is 1.04 bits per heavy atom. The lowest BCUT2D eigenvalue weighted by Crippen LogP contribution is -2.23. The molecule has 0 bridgehead atoms. The third-order valence-corrected chi connectivity index (χ3v) is 4.70. The van der Waals surface area contributed by atoms with Gasteiger partial charge in [0.05, 0.1) is 17.2 Å². The van der Waals surface area contributed by atoms with E-state index >= 15 is 0 Å². The Kier molecular flexibility index (Phi) is 3.87. The predicted octanol–water partition coefficient (Wildman–Crippen LogP) is 1.53. The summed E-state index contributed by atoms with van der Waals surface area (Å²) in [6.45, 7) is 0. The summed E-state index contributed by atoms with van der Waals surface area (Å²) in [6, 6.07) is 13.3. The SMILES string of the molecule is N#Cc1ccccc1[C@H]1C[C@@H]1c1cc(-c2c[nH]c(=O)[nH]c2=O)nnc1C#N. The van der Waals surface area contributed by atoms with Crippen molar-refractivity contribution in [2.45, 2.75) is 18.3 Å². The highest BCUT2D eigenvalue weighted by molar-refractivity contribution is 5.59. The molecule has 1 aliphatic rings. The van der Waals surface area contributed by atoms with Crippen molar-refractivity contribution in [2.75, 3.05) is 0 Å². The van der Waals surface area contributed by atoms with Crippen molar-refractivity contribution in [2.24, 2.45) is 0 Å². The van der Waals surface area contributed by atoms with Crippen LogP contribution in [0.2, 0.25) is 0 Å². The Bertz CT molecular complexity index is 1240. The molecule has 1 fully saturated rings. The third kappa shape index (κ3) is 2.90. The molecule has 0 unspecified atom stereocenters. The van der Waals surface area contributed by atoms with Gasteiger partial charge in [-0.05, 0) is 41.5 Å². The van der Waals surface area contributed by atoms with Gasteiger partial charge in [0, 0.05) is 6.20 Å². The number of H-pyrrole nitrogens is 2. The lowest BCUT2D eigenvalue weighted by atomic mass is 9.99. The van der Waals surface area contributed by atoms with Gasteiger partial charge in [-0.2, -0.15) is 10.5 Å². The average Bonchev–Trinajstić information content (AvgIpc) is 3.48. The molecule has 8 nitrogen and oxygen atoms in total. The van der Waals surface area contributed by atoms with Crippen LogP contribution in [-0.2, 0) is 0 Å². The molecule has 130 valence electrons. The topological polar surface area (TPSA) is 139 Å². The number of aromatic nitrogens is 4. The van der Waals surface area contributed by atoms with Crippen LogP contribution in [0.25, 0.3) is 11.3 Å². The molecule has 2 heterocycles. The summed E-state index contributed by atoms with van der Waals surface area (Å²) in [5.41, 5.74) is 1.69. The Hall–Kier alpha value is -4.04. The van der Waals surface area contributed by atoms with Crippen molar-refractivity contribution in [3.8, 4) is 23.4 Å². The number of benzene rings is 1. The van der Waals surface area contributed by atoms with Crippen molar-refractivity contribution in [3.05, 3.63) is 79.8 Å². The molecule has 3 aromatic rings. The van der Waals surface area contributed by atoms with Gasteiger partial charge in [-0.1, -0.05) is 18.2 Å². The standard InChI is InChI=1S/C19H12N6O2/c20-7-10-3-1-2-4-11(10)12-5-13(12)14-6-16(24-25-17(14)8-21)15-9-22-19(27)23-18(15)26/h1-4,6,9,12-13H,5H2,(H2,22,23,26,27)/t12-,13+/m1/s1. The molecular weight excluding hydrogens is 344 g/mol. The fourth-order valence-corrected chi connectivity index (χ4v) is 3.31. The Morgan fingerprint density at radius 2 is 1.81 bits per heavy atom. The van der Waals surface area contributed by atoms with E-state index in [1.165, 1.54) is 6.20 Å². The lowest BCUT2D eigenvalue weighted by molar-refractivity contribution is 0.933. The summed E-state index contributed by atoms with van der Waals surface area (Å²) in [6.07, 6.45) is 2.05. The Morgan fingerprint density at radius 3 is 2.56 bits per heavy atom. The first-order chi connectivity index (χ1) is 13.1. The second kappa shape index (κ2) is 6.36. The second-order valence-electron chi connectivity index (χ2n) is 6.28. The first-order valence-corrected chi connectivity index (χ1v) is 8.21. The summed E-state index contributed by atoms with van der Waals surface area (Å²) >= 11 is 0. The zero-order valence-corrected chi connectivity index (χ0v) is 13.9. The minimum absolute atomic E-state index is 0.0187. The number of nitrogens with one attached hydrogen (secondary N) is 2. The van der Waals surface area contributed by atoms with Gasteiger partial charge in [-0.3, -0.25) is 9.78 Å². The molecule has 1 aliphatic carbocycles. The Balaban J connectivity index is 1.76. The molecule has 1 saturated carbocycles. The minimum Gasteiger partial charge on any atom is -0.313 e. The van der Waals surface area contributed by atoms with Crippen LogP contribution in [0.3, 0.4) is 0 Å². The zero-order valence-electron chi connectivity index (χ0n) is 13.9. The molecule has 0 saturated heterocycles. The van der Waals surface area contributed by atoms with Crippen LogP contribution in [-0.4, -0.2) is 20.2 Å². The van der Waals surface area contributed by atoms with Gasteiger partial charge >= 0.3 is 5.69 Å². The van der Waals surface area contributed by atoms with Crippen LogP contribution in [0.4, 0.5) is 0 Å². The number of nitrogens with zero attached hydrogens (tertiary/aromatic N) is 4. The fraction of sp³-hybridized carbons (Fsp3) is 0.158. The third-order valence-electron chi connectivity index (χ3n) is 4.70. The number of hydrogen-bond acceptors (Lipinski definition) is 6. The first kappa shape index (κ1) is 16.4. The quantitative estimate of drug-likeness (QED) is 0.729. The van der Waals surface area contributed by atoms with Crippen LogP contribution in [0, 0.1) is 22.7 Å². The van der Waals surface area contributed by atoms with E-state index < -0.39 is 11.2 Å². The highest BCUT2D eigenvalue weighted by Crippen LogP contribution is 2.56. The smallest absolute Gasteiger partial charge is 0.313 e. The van der Waals surface area contributed by atoms with Gasteiger partial charge in [-0.15, -0.1) is 10.2 Å². The highest BCUT2D eigenvalue weighted by atomic mass is 16.2. The van der Waals surface area contributed by atoms with Crippen LogP contribution in [0.15, 0.2) is 46.1 Å². The van der Waals surface area contributed by atoms with Crippen molar-refractivity contribution in [1.29, 1.82) is 10.5 Å². The maximum atomic E-state index is 12.0. The van der Waals surface area contributed by atoms with Crippen molar-refractivity contribution in [1.82, 2.24) is 20.2 Å². The molecule has 2 N–H and O–H groups in total. The molecule has 4 rings (SSSR count). The molecule has 0 aliphatic heterocycles. The van der Waals surface area contributed by atoms with Crippen molar-refractivity contribution < 1.29 is 0 Å². The normalized spacial score (nSPS) is 17.7. The van der Waals surface area contributed by atoms with Gasteiger partial charge < -0.3 is 4.98 Å². The highest BCUT2D eigenvalue weighted by Gasteiger charge is 2.42. The second-order valence-corrected chi connectivity index (χ2v) is 6.28. The van der Waals surface area contributed by atoms with Gasteiger partial charge in [0.1, 0.15) is 11.8 Å². The van der Waals surface area contributed by atoms with E-state index in [-0.39, 0.29) is 28.8 Å². The van der Waals surface area contributed by atoms with Crippen LogP contribution < -0.4 is 11.2 Å². The van der Waals surface area contributed by atoms with E-state index in [1.54, 1.807) is 12.1 Å². The van der Waals surface area contributed by atoms with Crippen LogP contribution in [0.1, 0.15) is 40.6 Å². The molecule has 8 heteroatoms. The minimum atomic E-state index is -0.610. The molecule has 27 heavy (non-hydrogen) atoms. The summed E-state index contributed by atoms with van der Waals surface area (Å²) in [7, 11) is 0. The van der Waals surface area contributed by atoms with E-state index in [0.717, 1.165) is 12.0 Å². The van der Waals surface area contributed by atoms with Crippen molar-refractivity contribution in [3.63, 3.8) is 0 Å². The van der Waals surface area contributed by atoms with Crippen LogP contribution in [0.5, 0.6) is 0 Å². The zero-order chi connectivity index (χ0) is 19.0. The molecule has 2 aromatic heterocycles. The van der Waals surface area contributed by atoms with E-state index in [1.807, 2.05) is 24.3 Å². The number of hydrogen-bond donors (Lipinski definition) is 2. The molecule has 0 radical (unpaired) electrons. The number of rotatable bonds is 3. The summed E-state index contributed by atoms with van der Waals surface area (Å²) in [4.78, 5) is 27.8. The van der Waals surface area contributed by atoms with Gasteiger partial charge in [0.15, 0.2) is 5.69 Å². The van der Waals surface area contributed by atoms with E-state index in [0.29, 0.717) is 11.1 Å². The molecule has 0 amide bonds. The van der Waals surface area contributed by atoms with E-state index in [4.69, 9.17) is 0 Å². The summed E-state index contributed by atoms with van der Waals surface area (Å²) in [5.74, 6) is 0.129. The van der Waals surface area contributed by atoms with Gasteiger partial charge in [0.2, 0.25) is 0 Å². The van der Waals surface area contributed by atoms with Crippen LogP contribution >= 0.6 is 0 Å². The van der Waals surface area contributed by atoms with Gasteiger partial charge in [0.25, 0.3) is 5.56 Å². The van der Waals surface area contributed by atoms with Gasteiger partial charge in [-0.25, -0.2) is 4.79 Å². The fourth-order valence-electron chi connectivity index (χ4n) is 3.31. The largest absolute Gasteiger partial charge is 0.325 e. The lowest BCUT2D eigenvalue weighted by Gasteiger charge is -2.06. The van der Waals surface area contributed by atoms with E-state index in [9.17, 15) is 20.1 Å². The summed E-state index contributed by atoms with van der Waals surface area (Å²) < 4.78 is 0. The monoisotopic (exact) mass is 356 g/mol. The predicted molar refractivity (Wildman–Crippen MR) is 94.7 cm³/mol. The average molecular weight is 356 g/mol. The molecular formula is C19H12N6O2. The summed E-state index contributed by atoms with van der Waals surface area (Å²) in [5, 5.41) is 26.6. The van der Waals surface area contributed by atoms with Crippen molar-refractivity contribution >= 4 is 0 Å². The molecule has 0 spiro atoms. The maximum absolute atomic E-state index is 12.0. The molecule has 2 atom stereocenters. The Labute approximate surface area is 152 Å².